The highest BCUT2D eigenvalue weighted by Crippen LogP contribution is 2.43. The quantitative estimate of drug-likeness (QED) is 0.0286. The zero-order valence-corrected chi connectivity index (χ0v) is 75.7. The number of hydrogen-bond donors (Lipinski definition) is 24. The maximum atomic E-state index is 13.8. The molecule has 0 radical (unpaired) electrons. The molecule has 5 aliphatic heterocycles. The van der Waals surface area contributed by atoms with E-state index in [0.717, 1.165) is 85.0 Å². The van der Waals surface area contributed by atoms with Crippen LogP contribution in [0.1, 0.15) is 279 Å². The molecule has 5 aliphatic rings. The summed E-state index contributed by atoms with van der Waals surface area (Å²) in [6.45, 7) is -0.0394. The Bertz CT molecular complexity index is 3230. The van der Waals surface area contributed by atoms with E-state index in [1.54, 1.807) is 6.08 Å². The van der Waals surface area contributed by atoms with Gasteiger partial charge in [0, 0.05) is 46.5 Å². The number of carboxylic acid groups (broad SMARTS) is 3. The van der Waals surface area contributed by atoms with E-state index in [1.807, 2.05) is 0 Å². The Kier molecular flexibility index (Phi) is 53.0. The molecule has 0 aromatic rings. The van der Waals surface area contributed by atoms with Crippen molar-refractivity contribution in [2.45, 2.75) is 461 Å². The molecule has 0 aromatic carbocycles. The number of amides is 4. The summed E-state index contributed by atoms with van der Waals surface area (Å²) in [5, 5.41) is 235. The van der Waals surface area contributed by atoms with Gasteiger partial charge in [0.25, 0.3) is 17.4 Å². The summed E-state index contributed by atoms with van der Waals surface area (Å²) in [7, 11) is 0. The summed E-state index contributed by atoms with van der Waals surface area (Å²) >= 11 is 0. The number of ether oxygens (including phenoxy) is 10. The Labute approximate surface area is 755 Å². The van der Waals surface area contributed by atoms with Crippen molar-refractivity contribution in [3.63, 3.8) is 0 Å². The first-order chi connectivity index (χ1) is 61.5. The SMILES string of the molecule is CCCCCCCCCCCCCC=CC(O)C(COC1OC(CO)C(OC2OC(CO)C(O)C(OC3(C(=O)O)CC(O)C(NC(C)=O)C(C(O)C(CO)OC4(C(=O)O)CC(O)C(NC(C)=O)C(C(O)C(CO)OC5(C(=O)O)CC(O)C(NC(C)=O)C(C(O)C(O)CO)O5)O4)O3)C2O)C(O)C1O)NC(=O)CCCCCCCCCCCCCCCCCCCCCCCC. The number of carbonyl (C=O) groups is 7. The lowest BCUT2D eigenvalue weighted by atomic mass is 9.86. The molecule has 30 atom stereocenters. The number of unbranched alkanes of at least 4 members (excludes halogenated alkanes) is 32. The van der Waals surface area contributed by atoms with Crippen molar-refractivity contribution in [2.75, 3.05) is 39.6 Å². The highest BCUT2D eigenvalue weighted by molar-refractivity contribution is 5.79. The van der Waals surface area contributed by atoms with Crippen molar-refractivity contribution in [1.29, 1.82) is 0 Å². The summed E-state index contributed by atoms with van der Waals surface area (Å²) in [6.07, 6.45) is -12.8. The van der Waals surface area contributed by atoms with E-state index >= 15 is 0 Å². The van der Waals surface area contributed by atoms with E-state index in [-0.39, 0.29) is 6.42 Å². The number of carbonyl (C=O) groups excluding carboxylic acids is 4. The molecule has 750 valence electrons. The zero-order chi connectivity index (χ0) is 95.6. The molecule has 0 saturated carbocycles. The van der Waals surface area contributed by atoms with Gasteiger partial charge in [-0.1, -0.05) is 225 Å². The molecule has 5 heterocycles. The molecular weight excluding hydrogens is 1700 g/mol. The lowest BCUT2D eigenvalue weighted by Crippen LogP contribution is -2.72. The normalized spacial score (nSPS) is 31.6. The predicted octanol–water partition coefficient (Wildman–Crippen LogP) is 0.244. The number of aliphatic hydroxyl groups excluding tert-OH is 17. The van der Waals surface area contributed by atoms with Crippen molar-refractivity contribution >= 4 is 41.5 Å². The van der Waals surface area contributed by atoms with Crippen LogP contribution in [0.2, 0.25) is 0 Å². The lowest BCUT2D eigenvalue weighted by molar-refractivity contribution is -0.388. The van der Waals surface area contributed by atoms with Crippen molar-refractivity contribution in [1.82, 2.24) is 21.3 Å². The molecule has 129 heavy (non-hydrogen) atoms. The third kappa shape index (κ3) is 35.9. The summed E-state index contributed by atoms with van der Waals surface area (Å²) in [5.41, 5.74) is 0. The minimum Gasteiger partial charge on any atom is -0.477 e. The number of hydrogen-bond acceptors (Lipinski definition) is 34. The molecule has 0 bridgehead atoms. The van der Waals surface area contributed by atoms with Gasteiger partial charge in [-0.3, -0.25) is 19.2 Å². The first-order valence-corrected chi connectivity index (χ1v) is 46.8. The monoisotopic (exact) mass is 1860 g/mol. The van der Waals surface area contributed by atoms with Crippen LogP contribution in [0.5, 0.6) is 0 Å². The third-order valence-electron chi connectivity index (χ3n) is 24.7. The Balaban J connectivity index is 1.31. The van der Waals surface area contributed by atoms with Gasteiger partial charge in [-0.05, 0) is 19.3 Å². The summed E-state index contributed by atoms with van der Waals surface area (Å²) in [6, 6.07) is -7.03. The van der Waals surface area contributed by atoms with Crippen LogP contribution in [0.15, 0.2) is 12.2 Å². The molecule has 5 rings (SSSR count). The number of nitrogens with one attached hydrogen (secondary N) is 4. The fourth-order valence-corrected chi connectivity index (χ4v) is 17.4. The van der Waals surface area contributed by atoms with Gasteiger partial charge in [-0.25, -0.2) is 14.4 Å². The van der Waals surface area contributed by atoms with Gasteiger partial charge in [0.1, 0.15) is 104 Å². The molecule has 5 fully saturated rings. The molecule has 5 saturated heterocycles. The minimum atomic E-state index is -3.58. The maximum absolute atomic E-state index is 13.8. The van der Waals surface area contributed by atoms with Gasteiger partial charge in [0.2, 0.25) is 23.6 Å². The maximum Gasteiger partial charge on any atom is 0.364 e. The third-order valence-corrected chi connectivity index (χ3v) is 24.7. The fourth-order valence-electron chi connectivity index (χ4n) is 17.4. The standard InChI is InChI=1S/C88H156N4O37/c1-6-8-10-12-14-16-18-20-21-22-23-24-25-26-27-28-30-32-34-36-38-40-42-65(106)92-55(56(101)41-39-37-35-33-31-29-19-17-15-13-11-9-7-2)51-120-81-74(112)73(111)76(64(50-97)122-81)123-82-75(113)80(70(108)61(47-94)121-82)129-88(85(118)119)45-59(104)68(91-54(5)100)79(128-88)72(110)63(49-96)125-87(84(116)117)44-58(103)67(90-53(4)99)78(127-87)71(109)62(48-95)124-86(83(114)115)43-57(102)66(89-52(3)98)77(126-86)69(107)60(105)46-93/h39,41,55-64,66-82,93-97,101-105,107-113H,6-38,40,42-51H2,1-5H3,(H,89,98)(H,90,99)(H,91,100)(H,92,106)(H,114,115)(H,116,117)(H,118,119). The van der Waals surface area contributed by atoms with E-state index in [1.165, 1.54) is 147 Å². The first kappa shape index (κ1) is 114. The van der Waals surface area contributed by atoms with E-state index in [2.05, 4.69) is 35.1 Å². The van der Waals surface area contributed by atoms with E-state index < -0.39 is 283 Å². The second-order valence-electron chi connectivity index (χ2n) is 35.3. The molecule has 41 nitrogen and oxygen atoms in total. The first-order valence-electron chi connectivity index (χ1n) is 46.8. The highest BCUT2D eigenvalue weighted by atomic mass is 16.8. The molecule has 4 amide bonds. The number of carboxylic acids is 3. The van der Waals surface area contributed by atoms with Gasteiger partial charge in [0.05, 0.1) is 88.2 Å². The van der Waals surface area contributed by atoms with Crippen molar-refractivity contribution in [3.8, 4) is 0 Å². The molecule has 41 heteroatoms. The molecule has 0 aromatic heterocycles. The number of aliphatic hydroxyl groups is 17. The van der Waals surface area contributed by atoms with Crippen LogP contribution in [0, 0.1) is 0 Å². The van der Waals surface area contributed by atoms with Gasteiger partial charge < -0.3 is 171 Å². The van der Waals surface area contributed by atoms with Crippen LogP contribution >= 0.6 is 0 Å². The Hall–Kier alpha value is -5.05. The van der Waals surface area contributed by atoms with Crippen LogP contribution in [-0.4, -0.2) is 366 Å². The predicted molar refractivity (Wildman–Crippen MR) is 457 cm³/mol. The lowest BCUT2D eigenvalue weighted by Gasteiger charge is -2.51. The van der Waals surface area contributed by atoms with Crippen LogP contribution < -0.4 is 21.3 Å². The van der Waals surface area contributed by atoms with Gasteiger partial charge in [-0.2, -0.15) is 0 Å². The largest absolute Gasteiger partial charge is 0.477 e. The van der Waals surface area contributed by atoms with Gasteiger partial charge in [0.15, 0.2) is 12.6 Å². The summed E-state index contributed by atoms with van der Waals surface area (Å²) in [5.74, 6) is -20.6. The number of allylic oxidation sites excluding steroid dienone is 1. The average molecular weight is 1860 g/mol. The molecule has 24 N–H and O–H groups in total. The van der Waals surface area contributed by atoms with Crippen molar-refractivity contribution in [2.24, 2.45) is 0 Å². The van der Waals surface area contributed by atoms with Crippen LogP contribution in [0.25, 0.3) is 0 Å². The molecule has 0 aliphatic carbocycles. The second kappa shape index (κ2) is 59.7. The fraction of sp³-hybridized carbons (Fsp3) is 0.898. The van der Waals surface area contributed by atoms with Crippen molar-refractivity contribution < 1.29 is 183 Å². The topological polar surface area (TPSA) is 665 Å². The second-order valence-corrected chi connectivity index (χ2v) is 35.3. The number of aliphatic carboxylic acids is 3. The average Bonchev–Trinajstić information content (AvgIpc) is 0.750. The van der Waals surface area contributed by atoms with E-state index in [9.17, 15) is 136 Å². The smallest absolute Gasteiger partial charge is 0.364 e. The Morgan fingerprint density at radius 3 is 1.14 bits per heavy atom. The summed E-state index contributed by atoms with van der Waals surface area (Å²) in [4.78, 5) is 92.3. The summed E-state index contributed by atoms with van der Waals surface area (Å²) < 4.78 is 58.3. The van der Waals surface area contributed by atoms with E-state index in [0.29, 0.717) is 12.8 Å². The Morgan fingerprint density at radius 1 is 0.419 bits per heavy atom. The van der Waals surface area contributed by atoms with Gasteiger partial charge in [-0.15, -0.1) is 0 Å². The Morgan fingerprint density at radius 2 is 0.775 bits per heavy atom. The minimum absolute atomic E-state index is 0.123. The van der Waals surface area contributed by atoms with E-state index in [4.69, 9.17) is 47.4 Å². The molecular formula is C88H156N4O37. The van der Waals surface area contributed by atoms with Crippen LogP contribution in [0.4, 0.5) is 0 Å². The van der Waals surface area contributed by atoms with Gasteiger partial charge >= 0.3 is 17.9 Å². The number of rotatable bonds is 66. The van der Waals surface area contributed by atoms with Crippen molar-refractivity contribution in [3.05, 3.63) is 12.2 Å². The zero-order valence-electron chi connectivity index (χ0n) is 75.7. The molecule has 0 spiro atoms. The highest BCUT2D eigenvalue weighted by Gasteiger charge is 2.64. The van der Waals surface area contributed by atoms with Crippen LogP contribution in [-0.2, 0) is 80.9 Å². The van der Waals surface area contributed by atoms with Crippen LogP contribution in [0.3, 0.4) is 0 Å². The molecule has 30 unspecified atom stereocenters.